The van der Waals surface area contributed by atoms with E-state index >= 15 is 0 Å². The Balaban J connectivity index is 1.81. The van der Waals surface area contributed by atoms with Crippen LogP contribution in [0.25, 0.3) is 0 Å². The molecule has 0 fully saturated rings. The van der Waals surface area contributed by atoms with Crippen LogP contribution in [-0.2, 0) is 14.1 Å². The van der Waals surface area contributed by atoms with E-state index < -0.39 is 36.6 Å². The van der Waals surface area contributed by atoms with E-state index in [1.807, 2.05) is 32.9 Å². The van der Waals surface area contributed by atoms with Crippen molar-refractivity contribution in [2.24, 2.45) is 0 Å². The Morgan fingerprint density at radius 1 is 1.03 bits per heavy atom. The highest BCUT2D eigenvalue weighted by atomic mass is 16.6. The molecular formula is C22H35BN2O7. The first-order valence-corrected chi connectivity index (χ1v) is 10.9. The van der Waals surface area contributed by atoms with Gasteiger partial charge in [0, 0.05) is 18.6 Å². The molecular weight excluding hydrogens is 415 g/mol. The third kappa shape index (κ3) is 8.59. The maximum Gasteiger partial charge on any atom is 0.495 e. The fraction of sp³-hybridized carbons (Fsp3) is 0.636. The van der Waals surface area contributed by atoms with Crippen LogP contribution in [0.5, 0.6) is 5.75 Å². The van der Waals surface area contributed by atoms with Gasteiger partial charge in [0.2, 0.25) is 0 Å². The molecule has 1 aromatic carbocycles. The summed E-state index contributed by atoms with van der Waals surface area (Å²) in [6, 6.07) is 5.43. The standard InChI is InChI=1S/C22H35BN2O7/c1-21(2,3)30-19(26)24-12-7-8-13-29-16-11-9-10-15-17(32-23(28)18(15)16)14-25-20(27)31-22(4,5)6/h9-11,17,28H,7-8,12-14H2,1-6H3,(H,24,26)(H,25,27). The van der Waals surface area contributed by atoms with Crippen LogP contribution in [0.4, 0.5) is 9.59 Å². The minimum absolute atomic E-state index is 0.165. The van der Waals surface area contributed by atoms with Gasteiger partial charge in [0.05, 0.1) is 12.7 Å². The Morgan fingerprint density at radius 3 is 2.28 bits per heavy atom. The SMILES string of the molecule is CC(C)(C)OC(=O)NCCCCOc1cccc2c1B(O)OC2CNC(=O)OC(C)(C)C. The van der Waals surface area contributed by atoms with E-state index in [2.05, 4.69) is 10.6 Å². The van der Waals surface area contributed by atoms with E-state index in [4.69, 9.17) is 18.9 Å². The van der Waals surface area contributed by atoms with E-state index in [9.17, 15) is 14.6 Å². The number of amides is 2. The monoisotopic (exact) mass is 450 g/mol. The van der Waals surface area contributed by atoms with Crippen LogP contribution < -0.4 is 20.8 Å². The molecule has 1 aromatic rings. The van der Waals surface area contributed by atoms with Crippen molar-refractivity contribution in [1.29, 1.82) is 0 Å². The molecule has 0 radical (unpaired) electrons. The molecule has 32 heavy (non-hydrogen) atoms. The average Bonchev–Trinajstić information content (AvgIpc) is 2.97. The maximum atomic E-state index is 11.9. The Bertz CT molecular complexity index is 789. The number of ether oxygens (including phenoxy) is 3. The van der Waals surface area contributed by atoms with Crippen LogP contribution in [0.15, 0.2) is 18.2 Å². The predicted molar refractivity (Wildman–Crippen MR) is 121 cm³/mol. The maximum absolute atomic E-state index is 11.9. The van der Waals surface area contributed by atoms with Crippen molar-refractivity contribution in [3.05, 3.63) is 23.8 Å². The number of carbonyl (C=O) groups is 2. The highest BCUT2D eigenvalue weighted by Crippen LogP contribution is 2.27. The van der Waals surface area contributed by atoms with E-state index in [0.717, 1.165) is 12.0 Å². The fourth-order valence-corrected chi connectivity index (χ4v) is 3.09. The number of unbranched alkanes of at least 4 members (excludes halogenated alkanes) is 1. The molecule has 9 nitrogen and oxygen atoms in total. The van der Waals surface area contributed by atoms with Crippen LogP contribution in [-0.4, -0.2) is 55.2 Å². The van der Waals surface area contributed by atoms with Crippen LogP contribution in [0.3, 0.4) is 0 Å². The number of rotatable bonds is 8. The van der Waals surface area contributed by atoms with Gasteiger partial charge in [0.25, 0.3) is 0 Å². The van der Waals surface area contributed by atoms with E-state index in [1.54, 1.807) is 26.8 Å². The van der Waals surface area contributed by atoms with Crippen LogP contribution in [0.1, 0.15) is 66.1 Å². The van der Waals surface area contributed by atoms with Crippen molar-refractivity contribution in [1.82, 2.24) is 10.6 Å². The van der Waals surface area contributed by atoms with E-state index in [0.29, 0.717) is 30.8 Å². The fourth-order valence-electron chi connectivity index (χ4n) is 3.09. The number of hydrogen-bond acceptors (Lipinski definition) is 7. The summed E-state index contributed by atoms with van der Waals surface area (Å²) in [6.07, 6.45) is -0.0633. The zero-order valence-electron chi connectivity index (χ0n) is 19.8. The average molecular weight is 450 g/mol. The third-order valence-corrected chi connectivity index (χ3v) is 4.31. The number of carbonyl (C=O) groups excluding carboxylic acids is 2. The van der Waals surface area contributed by atoms with Gasteiger partial charge < -0.3 is 34.5 Å². The summed E-state index contributed by atoms with van der Waals surface area (Å²) in [5.41, 5.74) is 0.207. The summed E-state index contributed by atoms with van der Waals surface area (Å²) in [7, 11) is -1.14. The van der Waals surface area contributed by atoms with Crippen LogP contribution >= 0.6 is 0 Å². The number of hydrogen-bond donors (Lipinski definition) is 3. The molecule has 0 bridgehead atoms. The van der Waals surface area contributed by atoms with Crippen molar-refractivity contribution in [3.8, 4) is 5.75 Å². The molecule has 1 atom stereocenters. The number of nitrogens with one attached hydrogen (secondary N) is 2. The molecule has 3 N–H and O–H groups in total. The third-order valence-electron chi connectivity index (χ3n) is 4.31. The molecule has 1 aliphatic rings. The van der Waals surface area contributed by atoms with Crippen molar-refractivity contribution >= 4 is 24.8 Å². The van der Waals surface area contributed by atoms with Gasteiger partial charge in [0.1, 0.15) is 17.0 Å². The Hall–Kier alpha value is -2.46. The molecule has 0 saturated carbocycles. The van der Waals surface area contributed by atoms with Crippen molar-refractivity contribution < 1.29 is 33.5 Å². The van der Waals surface area contributed by atoms with E-state index in [1.165, 1.54) is 0 Å². The van der Waals surface area contributed by atoms with Gasteiger partial charge in [0.15, 0.2) is 0 Å². The second kappa shape index (κ2) is 10.9. The smallest absolute Gasteiger partial charge is 0.494 e. The Labute approximate surface area is 190 Å². The molecule has 1 aliphatic heterocycles. The first-order valence-electron chi connectivity index (χ1n) is 10.9. The first kappa shape index (κ1) is 25.8. The van der Waals surface area contributed by atoms with Gasteiger partial charge in [-0.05, 0) is 66.0 Å². The molecule has 1 heterocycles. The van der Waals surface area contributed by atoms with Crippen LogP contribution in [0.2, 0.25) is 0 Å². The van der Waals surface area contributed by atoms with Crippen molar-refractivity contribution in [2.45, 2.75) is 71.7 Å². The molecule has 0 spiro atoms. The summed E-state index contributed by atoms with van der Waals surface area (Å²) >= 11 is 0. The molecule has 10 heteroatoms. The predicted octanol–water partition coefficient (Wildman–Crippen LogP) is 2.65. The van der Waals surface area contributed by atoms with Gasteiger partial charge in [-0.3, -0.25) is 0 Å². The zero-order chi connectivity index (χ0) is 23.9. The molecule has 0 aromatic heterocycles. The molecule has 1 unspecified atom stereocenters. The minimum Gasteiger partial charge on any atom is -0.494 e. The summed E-state index contributed by atoms with van der Waals surface area (Å²) < 4.78 is 21.9. The number of alkyl carbamates (subject to hydrolysis) is 2. The molecule has 2 amide bonds. The molecule has 0 saturated heterocycles. The number of fused-ring (bicyclic) bond motifs is 1. The zero-order valence-corrected chi connectivity index (χ0v) is 19.8. The summed E-state index contributed by atoms with van der Waals surface area (Å²) in [5, 5.41) is 15.7. The highest BCUT2D eigenvalue weighted by molar-refractivity contribution is 6.62. The first-order chi connectivity index (χ1) is 14.9. The molecule has 2 rings (SSSR count). The van der Waals surface area contributed by atoms with E-state index in [-0.39, 0.29) is 6.54 Å². The van der Waals surface area contributed by atoms with Gasteiger partial charge in [-0.2, -0.15) is 0 Å². The lowest BCUT2D eigenvalue weighted by molar-refractivity contribution is 0.0495. The van der Waals surface area contributed by atoms with Gasteiger partial charge >= 0.3 is 19.3 Å². The van der Waals surface area contributed by atoms with Gasteiger partial charge in [-0.1, -0.05) is 12.1 Å². The minimum atomic E-state index is -1.14. The number of benzene rings is 1. The second-order valence-electron chi connectivity index (χ2n) is 9.60. The lowest BCUT2D eigenvalue weighted by atomic mass is 9.78. The lowest BCUT2D eigenvalue weighted by Gasteiger charge is -2.21. The second-order valence-corrected chi connectivity index (χ2v) is 9.60. The Morgan fingerprint density at radius 2 is 1.66 bits per heavy atom. The summed E-state index contributed by atoms with van der Waals surface area (Å²) in [4.78, 5) is 23.5. The molecule has 0 aliphatic carbocycles. The highest BCUT2D eigenvalue weighted by Gasteiger charge is 2.38. The van der Waals surface area contributed by atoms with Crippen molar-refractivity contribution in [2.75, 3.05) is 19.7 Å². The van der Waals surface area contributed by atoms with Crippen molar-refractivity contribution in [3.63, 3.8) is 0 Å². The van der Waals surface area contributed by atoms with Gasteiger partial charge in [-0.25, -0.2) is 9.59 Å². The largest absolute Gasteiger partial charge is 0.495 e. The molecule has 178 valence electrons. The van der Waals surface area contributed by atoms with Crippen LogP contribution in [0, 0.1) is 0 Å². The Kier molecular flexibility index (Phi) is 8.80. The summed E-state index contributed by atoms with van der Waals surface area (Å²) in [5.74, 6) is 0.537. The lowest BCUT2D eigenvalue weighted by Crippen LogP contribution is -2.35. The quantitative estimate of drug-likeness (QED) is 0.412. The summed E-state index contributed by atoms with van der Waals surface area (Å²) in [6.45, 7) is 11.9. The topological polar surface area (TPSA) is 115 Å². The van der Waals surface area contributed by atoms with Gasteiger partial charge in [-0.15, -0.1) is 0 Å². The normalized spacial score (nSPS) is 15.7.